The Kier molecular flexibility index (Phi) is 4.12. The molecule has 0 radical (unpaired) electrons. The fourth-order valence-corrected chi connectivity index (χ4v) is 4.28. The van der Waals surface area contributed by atoms with Crippen LogP contribution in [-0.2, 0) is 0 Å². The molecule has 3 fully saturated rings. The number of hydrogen-bond donors (Lipinski definition) is 1. The van der Waals surface area contributed by atoms with Crippen molar-refractivity contribution in [1.82, 2.24) is 9.88 Å². The molecule has 3 heterocycles. The normalized spacial score (nSPS) is 24.6. The Balaban J connectivity index is 1.54. The fourth-order valence-electron chi connectivity index (χ4n) is 4.05. The largest absolute Gasteiger partial charge is 0.322 e. The number of fused-ring (bicyclic) bond motifs is 2. The first-order chi connectivity index (χ1) is 12.0. The van der Waals surface area contributed by atoms with Crippen molar-refractivity contribution in [2.24, 2.45) is 5.92 Å². The van der Waals surface area contributed by atoms with Gasteiger partial charge in [-0.1, -0.05) is 18.5 Å². The predicted molar refractivity (Wildman–Crippen MR) is 96.1 cm³/mol. The van der Waals surface area contributed by atoms with E-state index < -0.39 is 5.82 Å². The van der Waals surface area contributed by atoms with Crippen molar-refractivity contribution in [1.29, 1.82) is 0 Å². The van der Waals surface area contributed by atoms with Gasteiger partial charge >= 0.3 is 6.03 Å². The van der Waals surface area contributed by atoms with E-state index in [9.17, 15) is 9.18 Å². The Hall–Kier alpha value is -2.14. The minimum absolute atomic E-state index is 0.0706. The highest BCUT2D eigenvalue weighted by Gasteiger charge is 2.46. The topological polar surface area (TPSA) is 45.2 Å². The van der Waals surface area contributed by atoms with Crippen LogP contribution in [0.2, 0.25) is 5.02 Å². The predicted octanol–water partition coefficient (Wildman–Crippen LogP) is 4.95. The zero-order chi connectivity index (χ0) is 17.6. The molecule has 1 aromatic carbocycles. The number of amides is 2. The zero-order valence-corrected chi connectivity index (χ0v) is 14.6. The maximum Gasteiger partial charge on any atom is 0.322 e. The number of carbonyl (C=O) groups excluding carboxylic acids is 1. The molecule has 2 saturated heterocycles. The summed E-state index contributed by atoms with van der Waals surface area (Å²) < 4.78 is 13.4. The Morgan fingerprint density at radius 1 is 1.24 bits per heavy atom. The number of hydrogen-bond acceptors (Lipinski definition) is 2. The lowest BCUT2D eigenvalue weighted by atomic mass is 9.74. The highest BCUT2D eigenvalue weighted by molar-refractivity contribution is 6.33. The van der Waals surface area contributed by atoms with Gasteiger partial charge in [0.25, 0.3) is 0 Å². The van der Waals surface area contributed by atoms with Crippen LogP contribution in [0.25, 0.3) is 11.1 Å². The molecule has 2 unspecified atom stereocenters. The highest BCUT2D eigenvalue weighted by atomic mass is 35.5. The number of nitrogens with one attached hydrogen (secondary N) is 1. The van der Waals surface area contributed by atoms with Crippen molar-refractivity contribution >= 4 is 23.3 Å². The molecule has 4 nitrogen and oxygen atoms in total. The fraction of sp³-hybridized carbons (Fsp3) is 0.368. The van der Waals surface area contributed by atoms with Crippen molar-refractivity contribution in [2.45, 2.75) is 38.3 Å². The number of piperidine rings is 1. The number of rotatable bonds is 2. The Bertz CT molecular complexity index is 816. The van der Waals surface area contributed by atoms with E-state index in [1.165, 1.54) is 6.07 Å². The van der Waals surface area contributed by atoms with E-state index in [0.29, 0.717) is 39.8 Å². The van der Waals surface area contributed by atoms with Crippen LogP contribution in [0, 0.1) is 11.7 Å². The SMILES string of the molecule is CC1CC2CC(C1)N2C(=O)Nc1ccc(Cl)c(-c2cncc(F)c2)c1. The standard InChI is InChI=1S/C19H19ClFN3O/c1-11-4-15-8-16(5-11)24(15)19(25)23-14-2-3-18(20)17(7-14)12-6-13(21)10-22-9-12/h2-3,6-7,9-11,15-16H,4-5,8H2,1H3,(H,23,25). The monoisotopic (exact) mass is 359 g/mol. The number of carbonyl (C=O) groups is 1. The summed E-state index contributed by atoms with van der Waals surface area (Å²) in [6.07, 6.45) is 5.96. The van der Waals surface area contributed by atoms with Gasteiger partial charge in [-0.3, -0.25) is 4.98 Å². The molecule has 2 aliphatic heterocycles. The maximum absolute atomic E-state index is 13.4. The minimum atomic E-state index is -0.425. The summed E-state index contributed by atoms with van der Waals surface area (Å²) in [4.78, 5) is 18.4. The Morgan fingerprint density at radius 3 is 2.72 bits per heavy atom. The second-order valence-electron chi connectivity index (χ2n) is 7.04. The van der Waals surface area contributed by atoms with E-state index in [2.05, 4.69) is 17.2 Å². The van der Waals surface area contributed by atoms with E-state index >= 15 is 0 Å². The third kappa shape index (κ3) is 3.09. The summed E-state index contributed by atoms with van der Waals surface area (Å²) in [6.45, 7) is 2.24. The zero-order valence-electron chi connectivity index (χ0n) is 13.9. The third-order valence-corrected chi connectivity index (χ3v) is 5.48. The average molecular weight is 360 g/mol. The molecule has 1 aromatic heterocycles. The molecule has 2 amide bonds. The molecule has 6 heteroatoms. The van der Waals surface area contributed by atoms with Crippen LogP contribution < -0.4 is 5.32 Å². The van der Waals surface area contributed by atoms with E-state index in [-0.39, 0.29) is 6.03 Å². The van der Waals surface area contributed by atoms with E-state index in [0.717, 1.165) is 25.5 Å². The van der Waals surface area contributed by atoms with E-state index in [1.54, 1.807) is 24.4 Å². The van der Waals surface area contributed by atoms with Crippen LogP contribution in [-0.4, -0.2) is 28.0 Å². The van der Waals surface area contributed by atoms with Crippen LogP contribution in [0.5, 0.6) is 0 Å². The summed E-state index contributed by atoms with van der Waals surface area (Å²) in [5, 5.41) is 3.44. The number of urea groups is 1. The second-order valence-corrected chi connectivity index (χ2v) is 7.45. The molecule has 1 N–H and O–H groups in total. The first-order valence-corrected chi connectivity index (χ1v) is 8.89. The number of benzene rings is 1. The molecule has 130 valence electrons. The van der Waals surface area contributed by atoms with Crippen molar-refractivity contribution < 1.29 is 9.18 Å². The molecule has 2 aromatic rings. The van der Waals surface area contributed by atoms with Crippen molar-refractivity contribution in [3.8, 4) is 11.1 Å². The summed E-state index contributed by atoms with van der Waals surface area (Å²) >= 11 is 6.24. The van der Waals surface area contributed by atoms with Crippen LogP contribution in [0.3, 0.4) is 0 Å². The van der Waals surface area contributed by atoms with Gasteiger partial charge in [-0.15, -0.1) is 0 Å². The van der Waals surface area contributed by atoms with Crippen LogP contribution in [0.15, 0.2) is 36.7 Å². The molecule has 0 spiro atoms. The first kappa shape index (κ1) is 16.3. The molecular weight excluding hydrogens is 341 g/mol. The molecule has 2 bridgehead atoms. The summed E-state index contributed by atoms with van der Waals surface area (Å²) in [5.74, 6) is 0.265. The van der Waals surface area contributed by atoms with Gasteiger partial charge in [0.1, 0.15) is 5.82 Å². The number of nitrogens with zero attached hydrogens (tertiary/aromatic N) is 2. The van der Waals surface area contributed by atoms with Gasteiger partial charge in [-0.2, -0.15) is 0 Å². The van der Waals surface area contributed by atoms with Crippen molar-refractivity contribution in [3.05, 3.63) is 47.5 Å². The Morgan fingerprint density at radius 2 is 2.00 bits per heavy atom. The van der Waals surface area contributed by atoms with Gasteiger partial charge in [-0.05, 0) is 49.4 Å². The average Bonchev–Trinajstić information content (AvgIpc) is 2.56. The molecule has 3 aliphatic rings. The van der Waals surface area contributed by atoms with Gasteiger partial charge in [-0.25, -0.2) is 9.18 Å². The maximum atomic E-state index is 13.4. The summed E-state index contributed by atoms with van der Waals surface area (Å²) in [6, 6.07) is 7.24. The van der Waals surface area contributed by atoms with Crippen molar-refractivity contribution in [3.63, 3.8) is 0 Å². The Labute approximate surface area is 151 Å². The molecule has 5 rings (SSSR count). The van der Waals surface area contributed by atoms with Crippen molar-refractivity contribution in [2.75, 3.05) is 5.32 Å². The molecule has 25 heavy (non-hydrogen) atoms. The molecule has 2 atom stereocenters. The molecule has 1 saturated carbocycles. The van der Waals surface area contributed by atoms with Crippen LogP contribution >= 0.6 is 11.6 Å². The van der Waals surface area contributed by atoms with Gasteiger partial charge in [0.15, 0.2) is 0 Å². The number of anilines is 1. The van der Waals surface area contributed by atoms with Crippen LogP contribution in [0.1, 0.15) is 26.2 Å². The van der Waals surface area contributed by atoms with Gasteiger partial charge in [0, 0.05) is 40.1 Å². The quantitative estimate of drug-likeness (QED) is 0.824. The van der Waals surface area contributed by atoms with Crippen LogP contribution in [0.4, 0.5) is 14.9 Å². The smallest absolute Gasteiger partial charge is 0.318 e. The lowest BCUT2D eigenvalue weighted by Crippen LogP contribution is -2.63. The van der Waals surface area contributed by atoms with Gasteiger partial charge in [0.05, 0.1) is 6.20 Å². The lowest BCUT2D eigenvalue weighted by Gasteiger charge is -2.54. The lowest BCUT2D eigenvalue weighted by molar-refractivity contribution is -0.00600. The van der Waals surface area contributed by atoms with Gasteiger partial charge < -0.3 is 10.2 Å². The molecular formula is C19H19ClFN3O. The third-order valence-electron chi connectivity index (χ3n) is 5.15. The second kappa shape index (κ2) is 6.30. The number of aromatic nitrogens is 1. The van der Waals surface area contributed by atoms with Gasteiger partial charge in [0.2, 0.25) is 0 Å². The van der Waals surface area contributed by atoms with E-state index in [1.807, 2.05) is 4.90 Å². The summed E-state index contributed by atoms with van der Waals surface area (Å²) in [5.41, 5.74) is 1.87. The number of pyridine rings is 1. The minimum Gasteiger partial charge on any atom is -0.318 e. The first-order valence-electron chi connectivity index (χ1n) is 8.51. The number of halogens is 2. The van der Waals surface area contributed by atoms with E-state index in [4.69, 9.17) is 11.6 Å². The summed E-state index contributed by atoms with van der Waals surface area (Å²) in [7, 11) is 0. The molecule has 1 aliphatic carbocycles. The highest BCUT2D eigenvalue weighted by Crippen LogP contribution is 2.41.